The number of carbonyl (C=O) groups excluding carboxylic acids is 1. The molecule has 0 aromatic carbocycles. The number of likely N-dealkylation sites (tertiary alicyclic amines) is 1. The third-order valence-electron chi connectivity index (χ3n) is 5.79. The van der Waals surface area contributed by atoms with Crippen molar-refractivity contribution in [3.8, 4) is 0 Å². The van der Waals surface area contributed by atoms with Crippen molar-refractivity contribution in [2.75, 3.05) is 33.2 Å². The zero-order valence-corrected chi connectivity index (χ0v) is 22.3. The Labute approximate surface area is 209 Å². The molecular formula is C22H40IN7O2. The van der Waals surface area contributed by atoms with Crippen LogP contribution in [0, 0.1) is 5.92 Å². The molecule has 2 aliphatic rings. The zero-order valence-electron chi connectivity index (χ0n) is 20.0. The molecule has 1 aromatic rings. The number of aryl methyl sites for hydroxylation is 1. The molecule has 32 heavy (non-hydrogen) atoms. The van der Waals surface area contributed by atoms with Gasteiger partial charge in [-0.1, -0.05) is 0 Å². The van der Waals surface area contributed by atoms with Gasteiger partial charge >= 0.3 is 6.09 Å². The number of ether oxygens (including phenoxy) is 1. The first-order valence-electron chi connectivity index (χ1n) is 11.6. The number of unbranched alkanes of at least 4 members (excludes halogenated alkanes) is 1. The first kappa shape index (κ1) is 26.7. The molecule has 1 amide bonds. The summed E-state index contributed by atoms with van der Waals surface area (Å²) in [5.74, 6) is 1.60. The molecule has 1 saturated heterocycles. The van der Waals surface area contributed by atoms with E-state index in [-0.39, 0.29) is 36.1 Å². The molecule has 2 fully saturated rings. The van der Waals surface area contributed by atoms with Gasteiger partial charge in [-0.05, 0) is 65.2 Å². The second-order valence-electron chi connectivity index (χ2n) is 9.68. The predicted octanol–water partition coefficient (Wildman–Crippen LogP) is 3.36. The Morgan fingerprint density at radius 1 is 1.16 bits per heavy atom. The fourth-order valence-electron chi connectivity index (χ4n) is 3.95. The lowest BCUT2D eigenvalue weighted by Crippen LogP contribution is -2.52. The molecule has 0 radical (unpaired) electrons. The van der Waals surface area contributed by atoms with E-state index in [1.54, 1.807) is 12.7 Å². The summed E-state index contributed by atoms with van der Waals surface area (Å²) in [4.78, 5) is 21.6. The van der Waals surface area contributed by atoms with Crippen molar-refractivity contribution in [3.63, 3.8) is 0 Å². The number of guanidine groups is 1. The lowest BCUT2D eigenvalue weighted by molar-refractivity contribution is 0.00928. The van der Waals surface area contributed by atoms with Crippen LogP contribution in [0.1, 0.15) is 59.3 Å². The first-order chi connectivity index (χ1) is 14.9. The van der Waals surface area contributed by atoms with Gasteiger partial charge in [-0.2, -0.15) is 0 Å². The van der Waals surface area contributed by atoms with Gasteiger partial charge in [-0.15, -0.1) is 34.2 Å². The Kier molecular flexibility index (Phi) is 10.5. The molecule has 182 valence electrons. The molecule has 1 aliphatic carbocycles. The molecule has 1 aliphatic heterocycles. The minimum absolute atomic E-state index is 0. The van der Waals surface area contributed by atoms with Crippen LogP contribution in [-0.4, -0.2) is 81.5 Å². The van der Waals surface area contributed by atoms with Gasteiger partial charge in [0.2, 0.25) is 0 Å². The molecule has 0 bridgehead atoms. The van der Waals surface area contributed by atoms with Crippen LogP contribution in [0.25, 0.3) is 0 Å². The summed E-state index contributed by atoms with van der Waals surface area (Å²) in [5.41, 5.74) is -0.458. The van der Waals surface area contributed by atoms with Crippen molar-refractivity contribution < 1.29 is 9.53 Å². The number of hydrogen-bond acceptors (Lipinski definition) is 5. The topological polar surface area (TPSA) is 87.9 Å². The average molecular weight is 562 g/mol. The highest BCUT2D eigenvalue weighted by Gasteiger charge is 2.35. The van der Waals surface area contributed by atoms with Gasteiger partial charge in [0.15, 0.2) is 5.96 Å². The van der Waals surface area contributed by atoms with Crippen molar-refractivity contribution in [2.24, 2.45) is 10.9 Å². The Balaban J connectivity index is 0.00000363. The predicted molar refractivity (Wildman–Crippen MR) is 136 cm³/mol. The standard InChI is InChI=1S/C22H39N7O2.HI/c1-22(2,3)31-21(30)29(15-18-7-8-18)19-9-13-28(14-10-19)20(23-4)24-11-5-6-12-27-16-25-26-17-27;/h16-19H,5-15H2,1-4H3,(H,23,24);1H. The summed E-state index contributed by atoms with van der Waals surface area (Å²) in [7, 11) is 1.84. The molecule has 0 unspecified atom stereocenters. The quantitative estimate of drug-likeness (QED) is 0.227. The van der Waals surface area contributed by atoms with Crippen LogP contribution in [-0.2, 0) is 11.3 Å². The number of nitrogens with zero attached hydrogens (tertiary/aromatic N) is 6. The van der Waals surface area contributed by atoms with E-state index in [1.165, 1.54) is 12.8 Å². The summed E-state index contributed by atoms with van der Waals surface area (Å²) >= 11 is 0. The van der Waals surface area contributed by atoms with Gasteiger partial charge < -0.3 is 24.4 Å². The number of aromatic nitrogens is 3. The van der Waals surface area contributed by atoms with Crippen LogP contribution in [0.2, 0.25) is 0 Å². The van der Waals surface area contributed by atoms with Gasteiger partial charge in [0.05, 0.1) is 0 Å². The molecule has 1 N–H and O–H groups in total. The molecule has 1 saturated carbocycles. The van der Waals surface area contributed by atoms with Crippen LogP contribution < -0.4 is 5.32 Å². The molecule has 0 atom stereocenters. The molecule has 2 heterocycles. The molecule has 9 nitrogen and oxygen atoms in total. The van der Waals surface area contributed by atoms with E-state index in [0.29, 0.717) is 5.92 Å². The van der Waals surface area contributed by atoms with Crippen LogP contribution >= 0.6 is 24.0 Å². The van der Waals surface area contributed by atoms with E-state index in [4.69, 9.17) is 4.74 Å². The Hall–Kier alpha value is -1.59. The van der Waals surface area contributed by atoms with Gasteiger partial charge in [-0.3, -0.25) is 4.99 Å². The maximum atomic E-state index is 12.8. The molecule has 3 rings (SSSR count). The van der Waals surface area contributed by atoms with Gasteiger partial charge in [0.1, 0.15) is 18.3 Å². The summed E-state index contributed by atoms with van der Waals surface area (Å²) in [6.07, 6.45) is 9.81. The highest BCUT2D eigenvalue weighted by atomic mass is 127. The summed E-state index contributed by atoms with van der Waals surface area (Å²) < 4.78 is 7.71. The largest absolute Gasteiger partial charge is 0.444 e. The van der Waals surface area contributed by atoms with Crippen LogP contribution in [0.3, 0.4) is 0 Å². The van der Waals surface area contributed by atoms with E-state index < -0.39 is 5.60 Å². The van der Waals surface area contributed by atoms with Crippen molar-refractivity contribution in [2.45, 2.75) is 77.5 Å². The zero-order chi connectivity index (χ0) is 22.3. The summed E-state index contributed by atoms with van der Waals surface area (Å²) in [5, 5.41) is 11.1. The van der Waals surface area contributed by atoms with E-state index >= 15 is 0 Å². The van der Waals surface area contributed by atoms with Crippen LogP contribution in [0.5, 0.6) is 0 Å². The highest BCUT2D eigenvalue weighted by Crippen LogP contribution is 2.32. The van der Waals surface area contributed by atoms with Crippen molar-refractivity contribution in [1.82, 2.24) is 29.9 Å². The van der Waals surface area contributed by atoms with E-state index in [2.05, 4.69) is 25.4 Å². The highest BCUT2D eigenvalue weighted by molar-refractivity contribution is 14.0. The van der Waals surface area contributed by atoms with Gasteiger partial charge in [0.25, 0.3) is 0 Å². The number of aliphatic imine (C=N–C) groups is 1. The Morgan fingerprint density at radius 2 is 1.81 bits per heavy atom. The lowest BCUT2D eigenvalue weighted by atomic mass is 10.0. The number of piperidine rings is 1. The summed E-state index contributed by atoms with van der Waals surface area (Å²) in [6, 6.07) is 0.244. The number of nitrogens with one attached hydrogen (secondary N) is 1. The first-order valence-corrected chi connectivity index (χ1v) is 11.6. The van der Waals surface area contributed by atoms with E-state index in [0.717, 1.165) is 64.4 Å². The second-order valence-corrected chi connectivity index (χ2v) is 9.68. The van der Waals surface area contributed by atoms with Gasteiger partial charge in [0, 0.05) is 45.8 Å². The minimum atomic E-state index is -0.458. The van der Waals surface area contributed by atoms with Crippen molar-refractivity contribution in [3.05, 3.63) is 12.7 Å². The summed E-state index contributed by atoms with van der Waals surface area (Å²) in [6.45, 7) is 10.3. The number of halogens is 1. The minimum Gasteiger partial charge on any atom is -0.444 e. The monoisotopic (exact) mass is 561 g/mol. The number of rotatable bonds is 8. The maximum absolute atomic E-state index is 12.8. The average Bonchev–Trinajstić information content (AvgIpc) is 3.40. The maximum Gasteiger partial charge on any atom is 0.410 e. The molecule has 1 aromatic heterocycles. The fraction of sp³-hybridized carbons (Fsp3) is 0.818. The fourth-order valence-corrected chi connectivity index (χ4v) is 3.95. The Bertz CT molecular complexity index is 708. The lowest BCUT2D eigenvalue weighted by Gasteiger charge is -2.40. The smallest absolute Gasteiger partial charge is 0.410 e. The second kappa shape index (κ2) is 12.6. The third-order valence-corrected chi connectivity index (χ3v) is 5.79. The Morgan fingerprint density at radius 3 is 2.38 bits per heavy atom. The number of carbonyl (C=O) groups is 1. The van der Waals surface area contributed by atoms with Crippen LogP contribution in [0.15, 0.2) is 17.6 Å². The number of amides is 1. The molecule has 10 heteroatoms. The van der Waals surface area contributed by atoms with E-state index in [1.807, 2.05) is 37.3 Å². The van der Waals surface area contributed by atoms with Crippen LogP contribution in [0.4, 0.5) is 4.79 Å². The molecule has 0 spiro atoms. The normalized spacial score (nSPS) is 17.6. The van der Waals surface area contributed by atoms with E-state index in [9.17, 15) is 4.79 Å². The SMILES string of the molecule is CN=C(NCCCCn1cnnc1)N1CCC(N(CC2CC2)C(=O)OC(C)(C)C)CC1.I. The third kappa shape index (κ3) is 8.74. The molecular weight excluding hydrogens is 521 g/mol. The van der Waals surface area contributed by atoms with Gasteiger partial charge in [-0.25, -0.2) is 4.79 Å². The van der Waals surface area contributed by atoms with Crippen molar-refractivity contribution in [1.29, 1.82) is 0 Å². The number of hydrogen-bond donors (Lipinski definition) is 1. The van der Waals surface area contributed by atoms with Crippen molar-refractivity contribution >= 4 is 36.0 Å².